The minimum Gasteiger partial charge on any atom is -0.353 e. The fourth-order valence-electron chi connectivity index (χ4n) is 4.68. The SMILES string of the molecule is Cc1ccc(C)c(C(=O)CCC(=O)NC2C3CCCC2CC(N)C3)c1. The number of amides is 1. The Balaban J connectivity index is 1.54. The van der Waals surface area contributed by atoms with Crippen LogP contribution in [0.4, 0.5) is 0 Å². The summed E-state index contributed by atoms with van der Waals surface area (Å²) >= 11 is 0. The summed E-state index contributed by atoms with van der Waals surface area (Å²) in [5.74, 6) is 1.10. The first-order valence-corrected chi connectivity index (χ1v) is 9.59. The highest BCUT2D eigenvalue weighted by molar-refractivity contribution is 5.99. The molecule has 2 bridgehead atoms. The van der Waals surface area contributed by atoms with E-state index in [1.54, 1.807) is 0 Å². The Kier molecular flexibility index (Phi) is 5.57. The number of carbonyl (C=O) groups is 2. The maximum Gasteiger partial charge on any atom is 0.220 e. The van der Waals surface area contributed by atoms with Gasteiger partial charge in [0.25, 0.3) is 0 Å². The van der Waals surface area contributed by atoms with Crippen LogP contribution >= 0.6 is 0 Å². The normalized spacial score (nSPS) is 28.4. The van der Waals surface area contributed by atoms with Gasteiger partial charge in [-0.1, -0.05) is 24.1 Å². The second-order valence-corrected chi connectivity index (χ2v) is 8.02. The first-order chi connectivity index (χ1) is 11.9. The molecule has 1 aromatic carbocycles. The van der Waals surface area contributed by atoms with Crippen molar-refractivity contribution < 1.29 is 9.59 Å². The summed E-state index contributed by atoms with van der Waals surface area (Å²) in [5.41, 5.74) is 8.95. The molecule has 2 unspecified atom stereocenters. The highest BCUT2D eigenvalue weighted by atomic mass is 16.2. The zero-order valence-corrected chi connectivity index (χ0v) is 15.4. The molecular formula is C21H30N2O2. The fourth-order valence-corrected chi connectivity index (χ4v) is 4.68. The third kappa shape index (κ3) is 4.30. The van der Waals surface area contributed by atoms with Gasteiger partial charge in [0.2, 0.25) is 5.91 Å². The number of nitrogens with one attached hydrogen (secondary N) is 1. The van der Waals surface area contributed by atoms with Crippen molar-refractivity contribution in [3.8, 4) is 0 Å². The van der Waals surface area contributed by atoms with Crippen LogP contribution in [0.3, 0.4) is 0 Å². The first-order valence-electron chi connectivity index (χ1n) is 9.59. The Labute approximate surface area is 150 Å². The Morgan fingerprint density at radius 1 is 1.12 bits per heavy atom. The van der Waals surface area contributed by atoms with Crippen molar-refractivity contribution in [3.63, 3.8) is 0 Å². The molecule has 0 radical (unpaired) electrons. The van der Waals surface area contributed by atoms with Gasteiger partial charge in [0.15, 0.2) is 5.78 Å². The summed E-state index contributed by atoms with van der Waals surface area (Å²) in [6.07, 6.45) is 6.16. The molecule has 1 aromatic rings. The van der Waals surface area contributed by atoms with Gasteiger partial charge >= 0.3 is 0 Å². The van der Waals surface area contributed by atoms with Gasteiger partial charge in [-0.2, -0.15) is 0 Å². The second-order valence-electron chi connectivity index (χ2n) is 8.02. The lowest BCUT2D eigenvalue weighted by Gasteiger charge is -2.45. The van der Waals surface area contributed by atoms with Crippen molar-refractivity contribution in [2.24, 2.45) is 17.6 Å². The van der Waals surface area contributed by atoms with Gasteiger partial charge in [0.1, 0.15) is 0 Å². The molecule has 3 N–H and O–H groups in total. The molecule has 0 aliphatic heterocycles. The van der Waals surface area contributed by atoms with E-state index in [9.17, 15) is 9.59 Å². The maximum atomic E-state index is 12.5. The maximum absolute atomic E-state index is 12.5. The molecule has 4 heteroatoms. The Hall–Kier alpha value is -1.68. The minimum atomic E-state index is 0.0102. The summed E-state index contributed by atoms with van der Waals surface area (Å²) in [6.45, 7) is 3.93. The van der Waals surface area contributed by atoms with Crippen LogP contribution < -0.4 is 11.1 Å². The molecule has 0 heterocycles. The molecule has 2 aliphatic carbocycles. The molecule has 2 fully saturated rings. The topological polar surface area (TPSA) is 72.2 Å². The summed E-state index contributed by atoms with van der Waals surface area (Å²) in [5, 5.41) is 3.23. The second kappa shape index (κ2) is 7.69. The molecule has 136 valence electrons. The van der Waals surface area contributed by atoms with Crippen LogP contribution in [-0.2, 0) is 4.79 Å². The molecule has 2 atom stereocenters. The van der Waals surface area contributed by atoms with E-state index in [1.807, 2.05) is 32.0 Å². The molecule has 2 saturated carbocycles. The number of fused-ring (bicyclic) bond motifs is 2. The quantitative estimate of drug-likeness (QED) is 0.807. The molecule has 0 aromatic heterocycles. The Morgan fingerprint density at radius 3 is 2.48 bits per heavy atom. The number of aryl methyl sites for hydroxylation is 2. The molecule has 1 amide bonds. The van der Waals surface area contributed by atoms with Gasteiger partial charge in [-0.25, -0.2) is 0 Å². The average Bonchev–Trinajstić information content (AvgIpc) is 2.55. The lowest BCUT2D eigenvalue weighted by Crippen LogP contribution is -2.53. The van der Waals surface area contributed by atoms with Crippen LogP contribution in [0.2, 0.25) is 0 Å². The van der Waals surface area contributed by atoms with E-state index in [0.717, 1.165) is 42.4 Å². The van der Waals surface area contributed by atoms with Crippen LogP contribution in [0.5, 0.6) is 0 Å². The monoisotopic (exact) mass is 342 g/mol. The van der Waals surface area contributed by atoms with E-state index in [-0.39, 0.29) is 36.6 Å². The van der Waals surface area contributed by atoms with E-state index in [1.165, 1.54) is 6.42 Å². The van der Waals surface area contributed by atoms with Crippen molar-refractivity contribution in [1.82, 2.24) is 5.32 Å². The number of nitrogens with two attached hydrogens (primary N) is 1. The van der Waals surface area contributed by atoms with Crippen molar-refractivity contribution in [2.45, 2.75) is 70.9 Å². The lowest BCUT2D eigenvalue weighted by atomic mass is 9.67. The van der Waals surface area contributed by atoms with E-state index in [4.69, 9.17) is 5.73 Å². The molecule has 25 heavy (non-hydrogen) atoms. The number of ketones is 1. The Bertz CT molecular complexity index is 641. The van der Waals surface area contributed by atoms with Crippen molar-refractivity contribution in [3.05, 3.63) is 34.9 Å². The van der Waals surface area contributed by atoms with Crippen LogP contribution in [0.25, 0.3) is 0 Å². The van der Waals surface area contributed by atoms with Crippen LogP contribution in [0, 0.1) is 25.7 Å². The number of hydrogen-bond acceptors (Lipinski definition) is 3. The first kappa shape index (κ1) is 18.1. The molecule has 4 nitrogen and oxygen atoms in total. The van der Waals surface area contributed by atoms with Gasteiger partial charge in [-0.05, 0) is 63.0 Å². The van der Waals surface area contributed by atoms with E-state index >= 15 is 0 Å². The van der Waals surface area contributed by atoms with Gasteiger partial charge in [0, 0.05) is 30.5 Å². The number of carbonyl (C=O) groups excluding carboxylic acids is 2. The number of Topliss-reactive ketones (excluding diaryl/α,β-unsaturated/α-hetero) is 1. The highest BCUT2D eigenvalue weighted by Crippen LogP contribution is 2.39. The van der Waals surface area contributed by atoms with Gasteiger partial charge in [-0.15, -0.1) is 0 Å². The molecule has 0 spiro atoms. The lowest BCUT2D eigenvalue weighted by molar-refractivity contribution is -0.123. The van der Waals surface area contributed by atoms with Crippen LogP contribution in [0.1, 0.15) is 66.4 Å². The Morgan fingerprint density at radius 2 is 1.80 bits per heavy atom. The van der Waals surface area contributed by atoms with Gasteiger partial charge < -0.3 is 11.1 Å². The van der Waals surface area contributed by atoms with E-state index in [0.29, 0.717) is 11.8 Å². The zero-order valence-electron chi connectivity index (χ0n) is 15.4. The van der Waals surface area contributed by atoms with Crippen molar-refractivity contribution >= 4 is 11.7 Å². The van der Waals surface area contributed by atoms with Crippen LogP contribution in [-0.4, -0.2) is 23.8 Å². The minimum absolute atomic E-state index is 0.0102. The standard InChI is InChI=1S/C21H30N2O2/c1-13-6-7-14(2)18(10-13)19(24)8-9-20(25)23-21-15-4-3-5-16(21)12-17(22)11-15/h6-7,10,15-17,21H,3-5,8-9,11-12,22H2,1-2H3,(H,23,25). The summed E-state index contributed by atoms with van der Waals surface area (Å²) in [4.78, 5) is 24.9. The third-order valence-electron chi connectivity index (χ3n) is 5.98. The molecule has 3 rings (SSSR count). The number of benzene rings is 1. The number of hydrogen-bond donors (Lipinski definition) is 2. The highest BCUT2D eigenvalue weighted by Gasteiger charge is 2.39. The van der Waals surface area contributed by atoms with Crippen LogP contribution in [0.15, 0.2) is 18.2 Å². The number of rotatable bonds is 5. The van der Waals surface area contributed by atoms with Crippen molar-refractivity contribution in [2.75, 3.05) is 0 Å². The average molecular weight is 342 g/mol. The smallest absolute Gasteiger partial charge is 0.220 e. The predicted molar refractivity (Wildman–Crippen MR) is 99.5 cm³/mol. The van der Waals surface area contributed by atoms with Crippen molar-refractivity contribution in [1.29, 1.82) is 0 Å². The molecular weight excluding hydrogens is 312 g/mol. The summed E-state index contributed by atoms with van der Waals surface area (Å²) in [6, 6.07) is 6.44. The van der Waals surface area contributed by atoms with E-state index < -0.39 is 0 Å². The van der Waals surface area contributed by atoms with Gasteiger partial charge in [0.05, 0.1) is 0 Å². The molecule has 2 aliphatic rings. The third-order valence-corrected chi connectivity index (χ3v) is 5.98. The zero-order chi connectivity index (χ0) is 18.0. The van der Waals surface area contributed by atoms with Gasteiger partial charge in [-0.3, -0.25) is 9.59 Å². The van der Waals surface area contributed by atoms with E-state index in [2.05, 4.69) is 5.32 Å². The fraction of sp³-hybridized carbons (Fsp3) is 0.619. The summed E-state index contributed by atoms with van der Waals surface area (Å²) < 4.78 is 0. The summed E-state index contributed by atoms with van der Waals surface area (Å²) in [7, 11) is 0. The predicted octanol–water partition coefficient (Wildman–Crippen LogP) is 3.29. The molecule has 0 saturated heterocycles. The largest absolute Gasteiger partial charge is 0.353 e.